The summed E-state index contributed by atoms with van der Waals surface area (Å²) >= 11 is 0. The molecule has 100 valence electrons. The molecule has 1 aliphatic rings. The molecule has 0 radical (unpaired) electrons. The Kier molecular flexibility index (Phi) is 5.53. The Morgan fingerprint density at radius 1 is 1.39 bits per heavy atom. The molecule has 1 fully saturated rings. The summed E-state index contributed by atoms with van der Waals surface area (Å²) in [4.78, 5) is 12.5. The highest BCUT2D eigenvalue weighted by atomic mass is 35.5. The van der Waals surface area contributed by atoms with E-state index in [2.05, 4.69) is 4.90 Å². The molecule has 0 aliphatic carbocycles. The molecule has 1 aliphatic heterocycles. The van der Waals surface area contributed by atoms with Crippen LogP contribution in [-0.4, -0.2) is 35.5 Å². The normalized spacial score (nSPS) is 19.5. The van der Waals surface area contributed by atoms with Gasteiger partial charge >= 0.3 is 0 Å². The molecular formula is C12H18ClN3O2. The summed E-state index contributed by atoms with van der Waals surface area (Å²) in [6.45, 7) is 3.01. The smallest absolute Gasteiger partial charge is 0.269 e. The minimum absolute atomic E-state index is 0. The molecule has 1 aromatic carbocycles. The van der Waals surface area contributed by atoms with Crippen molar-refractivity contribution in [2.45, 2.75) is 18.9 Å². The largest absolute Gasteiger partial charge is 0.326 e. The predicted molar refractivity (Wildman–Crippen MR) is 73.1 cm³/mol. The highest BCUT2D eigenvalue weighted by Gasteiger charge is 2.18. The third kappa shape index (κ3) is 3.94. The molecule has 5 nitrogen and oxygen atoms in total. The highest BCUT2D eigenvalue weighted by molar-refractivity contribution is 5.85. The van der Waals surface area contributed by atoms with Gasteiger partial charge in [-0.25, -0.2) is 0 Å². The molecule has 2 N–H and O–H groups in total. The minimum atomic E-state index is -0.372. The molecule has 0 amide bonds. The van der Waals surface area contributed by atoms with Crippen molar-refractivity contribution in [3.8, 4) is 0 Å². The quantitative estimate of drug-likeness (QED) is 0.667. The van der Waals surface area contributed by atoms with Crippen LogP contribution in [0.4, 0.5) is 5.69 Å². The maximum Gasteiger partial charge on any atom is 0.269 e. The zero-order chi connectivity index (χ0) is 12.3. The molecule has 1 heterocycles. The highest BCUT2D eigenvalue weighted by Crippen LogP contribution is 2.13. The number of halogens is 1. The van der Waals surface area contributed by atoms with Crippen LogP contribution in [0, 0.1) is 10.1 Å². The maximum atomic E-state index is 10.5. The molecule has 1 saturated heterocycles. The van der Waals surface area contributed by atoms with E-state index in [1.54, 1.807) is 12.1 Å². The van der Waals surface area contributed by atoms with E-state index in [9.17, 15) is 10.1 Å². The second-order valence-corrected chi connectivity index (χ2v) is 4.52. The summed E-state index contributed by atoms with van der Waals surface area (Å²) in [5.74, 6) is 0. The van der Waals surface area contributed by atoms with Crippen molar-refractivity contribution < 1.29 is 4.92 Å². The van der Waals surface area contributed by atoms with Gasteiger partial charge in [0.1, 0.15) is 0 Å². The van der Waals surface area contributed by atoms with E-state index in [1.807, 2.05) is 12.1 Å². The Morgan fingerprint density at radius 3 is 2.56 bits per heavy atom. The third-order valence-corrected chi connectivity index (χ3v) is 3.17. The average Bonchev–Trinajstić information content (AvgIpc) is 2.73. The molecular weight excluding hydrogens is 254 g/mol. The van der Waals surface area contributed by atoms with E-state index >= 15 is 0 Å². The number of likely N-dealkylation sites (tertiary alicyclic amines) is 1. The molecule has 1 atom stereocenters. The molecule has 6 heteroatoms. The van der Waals surface area contributed by atoms with Crippen molar-refractivity contribution in [3.63, 3.8) is 0 Å². The molecule has 0 saturated carbocycles. The van der Waals surface area contributed by atoms with E-state index in [4.69, 9.17) is 5.73 Å². The second-order valence-electron chi connectivity index (χ2n) is 4.52. The number of rotatable bonds is 4. The number of hydrogen-bond acceptors (Lipinski definition) is 4. The van der Waals surface area contributed by atoms with E-state index < -0.39 is 0 Å². The van der Waals surface area contributed by atoms with E-state index in [-0.39, 0.29) is 23.0 Å². The first-order valence-corrected chi connectivity index (χ1v) is 5.86. The van der Waals surface area contributed by atoms with Gasteiger partial charge in [-0.05, 0) is 24.9 Å². The summed E-state index contributed by atoms with van der Waals surface area (Å²) in [6, 6.07) is 7.09. The van der Waals surface area contributed by atoms with Crippen molar-refractivity contribution in [2.24, 2.45) is 5.73 Å². The lowest BCUT2D eigenvalue weighted by Crippen LogP contribution is -2.28. The summed E-state index contributed by atoms with van der Waals surface area (Å²) in [7, 11) is 0. The van der Waals surface area contributed by atoms with Gasteiger partial charge < -0.3 is 10.6 Å². The number of nitrogens with zero attached hydrogens (tertiary/aromatic N) is 2. The van der Waals surface area contributed by atoms with Gasteiger partial charge in [-0.3, -0.25) is 10.1 Å². The number of nitro benzene ring substituents is 1. The van der Waals surface area contributed by atoms with Crippen LogP contribution in [0.1, 0.15) is 12.0 Å². The van der Waals surface area contributed by atoms with Crippen molar-refractivity contribution in [1.29, 1.82) is 0 Å². The second kappa shape index (κ2) is 6.68. The monoisotopic (exact) mass is 271 g/mol. The van der Waals surface area contributed by atoms with Crippen LogP contribution in [0.3, 0.4) is 0 Å². The molecule has 2 rings (SSSR count). The number of hydrogen-bond donors (Lipinski definition) is 1. The topological polar surface area (TPSA) is 72.4 Å². The van der Waals surface area contributed by atoms with Crippen molar-refractivity contribution in [1.82, 2.24) is 4.90 Å². The standard InChI is InChI=1S/C12H17N3O2.ClH/c13-11-6-8-14(9-11)7-5-10-1-3-12(4-2-10)15(16)17;/h1-4,11H,5-9,13H2;1H/t11-;/m0./s1. The summed E-state index contributed by atoms with van der Waals surface area (Å²) in [5.41, 5.74) is 7.12. The van der Waals surface area contributed by atoms with Gasteiger partial charge in [0, 0.05) is 31.3 Å². The van der Waals surface area contributed by atoms with Gasteiger partial charge in [-0.1, -0.05) is 12.1 Å². The van der Waals surface area contributed by atoms with E-state index in [1.165, 1.54) is 0 Å². The van der Waals surface area contributed by atoms with Crippen LogP contribution in [0.5, 0.6) is 0 Å². The Morgan fingerprint density at radius 2 is 2.06 bits per heavy atom. The number of nitro groups is 1. The van der Waals surface area contributed by atoms with Crippen LogP contribution in [-0.2, 0) is 6.42 Å². The first-order chi connectivity index (χ1) is 8.15. The molecule has 0 unspecified atom stereocenters. The first kappa shape index (κ1) is 14.9. The maximum absolute atomic E-state index is 10.5. The van der Waals surface area contributed by atoms with Gasteiger partial charge in [0.05, 0.1) is 4.92 Å². The Labute approximate surface area is 113 Å². The fourth-order valence-electron chi connectivity index (χ4n) is 2.14. The first-order valence-electron chi connectivity index (χ1n) is 5.86. The van der Waals surface area contributed by atoms with E-state index in [0.29, 0.717) is 6.04 Å². The Balaban J connectivity index is 0.00000162. The van der Waals surface area contributed by atoms with Crippen LogP contribution < -0.4 is 5.73 Å². The van der Waals surface area contributed by atoms with Crippen LogP contribution in [0.15, 0.2) is 24.3 Å². The van der Waals surface area contributed by atoms with Gasteiger partial charge in [0.25, 0.3) is 5.69 Å². The van der Waals surface area contributed by atoms with Crippen molar-refractivity contribution in [2.75, 3.05) is 19.6 Å². The number of benzene rings is 1. The lowest BCUT2D eigenvalue weighted by molar-refractivity contribution is -0.384. The number of non-ortho nitro benzene ring substituents is 1. The average molecular weight is 272 g/mol. The zero-order valence-corrected chi connectivity index (χ0v) is 10.9. The Bertz CT molecular complexity index is 397. The summed E-state index contributed by atoms with van der Waals surface area (Å²) < 4.78 is 0. The van der Waals surface area contributed by atoms with Crippen molar-refractivity contribution >= 4 is 18.1 Å². The van der Waals surface area contributed by atoms with E-state index in [0.717, 1.165) is 38.0 Å². The van der Waals surface area contributed by atoms with Gasteiger partial charge in [0.15, 0.2) is 0 Å². The Hall–Kier alpha value is -1.17. The van der Waals surface area contributed by atoms with Gasteiger partial charge in [-0.2, -0.15) is 0 Å². The fraction of sp³-hybridized carbons (Fsp3) is 0.500. The zero-order valence-electron chi connectivity index (χ0n) is 10.1. The van der Waals surface area contributed by atoms with Crippen LogP contribution >= 0.6 is 12.4 Å². The summed E-state index contributed by atoms with van der Waals surface area (Å²) in [6.07, 6.45) is 1.99. The molecule has 0 aromatic heterocycles. The van der Waals surface area contributed by atoms with Crippen LogP contribution in [0.2, 0.25) is 0 Å². The molecule has 0 spiro atoms. The van der Waals surface area contributed by atoms with Crippen LogP contribution in [0.25, 0.3) is 0 Å². The van der Waals surface area contributed by atoms with Crippen molar-refractivity contribution in [3.05, 3.63) is 39.9 Å². The third-order valence-electron chi connectivity index (χ3n) is 3.17. The molecule has 18 heavy (non-hydrogen) atoms. The SMILES string of the molecule is Cl.N[C@H]1CCN(CCc2ccc([N+](=O)[O-])cc2)C1. The summed E-state index contributed by atoms with van der Waals surface area (Å²) in [5, 5.41) is 10.5. The molecule has 0 bridgehead atoms. The fourth-order valence-corrected chi connectivity index (χ4v) is 2.14. The predicted octanol–water partition coefficient (Wildman–Crippen LogP) is 1.59. The lowest BCUT2D eigenvalue weighted by Gasteiger charge is -2.14. The van der Waals surface area contributed by atoms with Gasteiger partial charge in [-0.15, -0.1) is 12.4 Å². The molecule has 1 aromatic rings. The minimum Gasteiger partial charge on any atom is -0.326 e. The number of nitrogens with two attached hydrogens (primary N) is 1. The van der Waals surface area contributed by atoms with Gasteiger partial charge in [0.2, 0.25) is 0 Å². The lowest BCUT2D eigenvalue weighted by atomic mass is 10.1.